The molecule has 0 spiro atoms. The first-order valence-corrected chi connectivity index (χ1v) is 6.43. The van der Waals surface area contributed by atoms with Gasteiger partial charge in [0, 0.05) is 30.7 Å². The smallest absolute Gasteiger partial charge is 0.239 e. The van der Waals surface area contributed by atoms with Crippen molar-refractivity contribution in [3.8, 4) is 0 Å². The zero-order chi connectivity index (χ0) is 13.9. The zero-order valence-electron chi connectivity index (χ0n) is 11.1. The topological polar surface area (TPSA) is 23.6 Å². The van der Waals surface area contributed by atoms with Crippen LogP contribution in [-0.4, -0.2) is 42.9 Å². The van der Waals surface area contributed by atoms with E-state index in [9.17, 15) is 4.79 Å². The molecule has 0 saturated carbocycles. The van der Waals surface area contributed by atoms with Gasteiger partial charge in [0.1, 0.15) is 0 Å². The number of halogens is 2. The van der Waals surface area contributed by atoms with E-state index in [1.54, 1.807) is 25.1 Å². The van der Waals surface area contributed by atoms with Gasteiger partial charge in [0.2, 0.25) is 5.91 Å². The maximum atomic E-state index is 11.8. The van der Waals surface area contributed by atoms with E-state index in [0.29, 0.717) is 16.6 Å². The monoisotopic (exact) mass is 288 g/mol. The molecular weight excluding hydrogens is 271 g/mol. The molecule has 1 rings (SSSR count). The van der Waals surface area contributed by atoms with Crippen LogP contribution in [0.25, 0.3) is 0 Å². The van der Waals surface area contributed by atoms with E-state index in [2.05, 4.69) is 0 Å². The predicted octanol–water partition coefficient (Wildman–Crippen LogP) is 2.90. The maximum absolute atomic E-state index is 11.8. The average molecular weight is 289 g/mol. The van der Waals surface area contributed by atoms with E-state index in [1.165, 1.54) is 0 Å². The third-order valence-electron chi connectivity index (χ3n) is 2.81. The van der Waals surface area contributed by atoms with Gasteiger partial charge in [-0.05, 0) is 37.7 Å². The first-order valence-electron chi connectivity index (χ1n) is 5.67. The summed E-state index contributed by atoms with van der Waals surface area (Å²) in [5.41, 5.74) is 0.994. The molecule has 1 atom stereocenters. The number of rotatable bonds is 4. The first kappa shape index (κ1) is 15.3. The van der Waals surface area contributed by atoms with Crippen molar-refractivity contribution in [2.75, 3.05) is 21.1 Å². The third kappa shape index (κ3) is 4.16. The fourth-order valence-corrected chi connectivity index (χ4v) is 2.26. The van der Waals surface area contributed by atoms with Gasteiger partial charge in [0.05, 0.1) is 6.04 Å². The summed E-state index contributed by atoms with van der Waals surface area (Å²) in [5.74, 6) is 0.0747. The van der Waals surface area contributed by atoms with Crippen molar-refractivity contribution in [2.45, 2.75) is 19.5 Å². The van der Waals surface area contributed by atoms with Gasteiger partial charge in [-0.3, -0.25) is 9.69 Å². The Bertz CT molecular complexity index is 415. The number of likely N-dealkylation sites (N-methyl/N-ethyl adjacent to an activating group) is 2. The molecule has 0 aliphatic rings. The Kier molecular flexibility index (Phi) is 5.45. The second-order valence-electron chi connectivity index (χ2n) is 4.60. The summed E-state index contributed by atoms with van der Waals surface area (Å²) < 4.78 is 0. The maximum Gasteiger partial charge on any atom is 0.239 e. The van der Waals surface area contributed by atoms with Crippen molar-refractivity contribution in [3.63, 3.8) is 0 Å². The van der Waals surface area contributed by atoms with E-state index in [1.807, 2.05) is 31.0 Å². The van der Waals surface area contributed by atoms with Gasteiger partial charge in [-0.15, -0.1) is 0 Å². The summed E-state index contributed by atoms with van der Waals surface area (Å²) in [6.45, 7) is 2.51. The molecule has 0 N–H and O–H groups in total. The molecule has 0 aliphatic carbocycles. The Labute approximate surface area is 118 Å². The Morgan fingerprint density at radius 1 is 1.17 bits per heavy atom. The lowest BCUT2D eigenvalue weighted by atomic mass is 10.2. The van der Waals surface area contributed by atoms with Gasteiger partial charge >= 0.3 is 0 Å². The van der Waals surface area contributed by atoms with Gasteiger partial charge in [-0.2, -0.15) is 0 Å². The molecule has 0 aromatic heterocycles. The first-order chi connectivity index (χ1) is 8.31. The van der Waals surface area contributed by atoms with Gasteiger partial charge in [-0.25, -0.2) is 0 Å². The van der Waals surface area contributed by atoms with Crippen LogP contribution in [0.1, 0.15) is 12.5 Å². The van der Waals surface area contributed by atoms with Gasteiger partial charge in [0.25, 0.3) is 0 Å². The predicted molar refractivity (Wildman–Crippen MR) is 76.1 cm³/mol. The van der Waals surface area contributed by atoms with Gasteiger partial charge in [-0.1, -0.05) is 23.2 Å². The largest absolute Gasteiger partial charge is 0.347 e. The van der Waals surface area contributed by atoms with Crippen LogP contribution in [0.5, 0.6) is 0 Å². The molecule has 1 aromatic rings. The Morgan fingerprint density at radius 2 is 1.67 bits per heavy atom. The van der Waals surface area contributed by atoms with Crippen molar-refractivity contribution >= 4 is 29.1 Å². The number of carbonyl (C=O) groups excluding carboxylic acids is 1. The van der Waals surface area contributed by atoms with Gasteiger partial charge in [0.15, 0.2) is 0 Å². The summed E-state index contributed by atoms with van der Waals surface area (Å²) in [5, 5.41) is 1.22. The molecule has 100 valence electrons. The molecule has 18 heavy (non-hydrogen) atoms. The standard InChI is InChI=1S/C13H18Cl2N2O/c1-9(13(18)16(2)3)17(4)8-10-5-11(14)7-12(15)6-10/h5-7,9H,8H2,1-4H3. The summed E-state index contributed by atoms with van der Waals surface area (Å²) in [6, 6.07) is 5.23. The van der Waals surface area contributed by atoms with Crippen molar-refractivity contribution in [1.82, 2.24) is 9.80 Å². The number of nitrogens with zero attached hydrogens (tertiary/aromatic N) is 2. The van der Waals surface area contributed by atoms with Crippen LogP contribution in [-0.2, 0) is 11.3 Å². The van der Waals surface area contributed by atoms with Crippen LogP contribution in [0, 0.1) is 0 Å². The molecule has 1 unspecified atom stereocenters. The highest BCUT2D eigenvalue weighted by Crippen LogP contribution is 2.20. The van der Waals surface area contributed by atoms with E-state index in [-0.39, 0.29) is 11.9 Å². The molecule has 5 heteroatoms. The Balaban J connectivity index is 2.75. The normalized spacial score (nSPS) is 12.6. The van der Waals surface area contributed by atoms with E-state index >= 15 is 0 Å². The Morgan fingerprint density at radius 3 is 2.11 bits per heavy atom. The fourth-order valence-electron chi connectivity index (χ4n) is 1.69. The van der Waals surface area contributed by atoms with Crippen molar-refractivity contribution in [3.05, 3.63) is 33.8 Å². The molecule has 1 amide bonds. The number of hydrogen-bond donors (Lipinski definition) is 0. The SMILES string of the molecule is CC(C(=O)N(C)C)N(C)Cc1cc(Cl)cc(Cl)c1. The van der Waals surface area contributed by atoms with E-state index in [0.717, 1.165) is 5.56 Å². The lowest BCUT2D eigenvalue weighted by molar-refractivity contribution is -0.133. The number of benzene rings is 1. The van der Waals surface area contributed by atoms with Crippen LogP contribution in [0.3, 0.4) is 0 Å². The molecular formula is C13H18Cl2N2O. The minimum absolute atomic E-state index is 0.0747. The summed E-state index contributed by atoms with van der Waals surface area (Å²) >= 11 is 11.9. The molecule has 0 radical (unpaired) electrons. The van der Waals surface area contributed by atoms with E-state index < -0.39 is 0 Å². The molecule has 0 bridgehead atoms. The average Bonchev–Trinajstić information content (AvgIpc) is 2.25. The summed E-state index contributed by atoms with van der Waals surface area (Å²) in [7, 11) is 5.41. The zero-order valence-corrected chi connectivity index (χ0v) is 12.6. The third-order valence-corrected chi connectivity index (χ3v) is 3.25. The molecule has 0 heterocycles. The molecule has 0 fully saturated rings. The molecule has 0 saturated heterocycles. The van der Waals surface area contributed by atoms with Crippen LogP contribution < -0.4 is 0 Å². The number of hydrogen-bond acceptors (Lipinski definition) is 2. The second kappa shape index (κ2) is 6.41. The quantitative estimate of drug-likeness (QED) is 0.851. The van der Waals surface area contributed by atoms with Crippen LogP contribution in [0.2, 0.25) is 10.0 Å². The van der Waals surface area contributed by atoms with Crippen molar-refractivity contribution in [2.24, 2.45) is 0 Å². The highest BCUT2D eigenvalue weighted by molar-refractivity contribution is 6.34. The number of amides is 1. The molecule has 3 nitrogen and oxygen atoms in total. The minimum atomic E-state index is -0.183. The van der Waals surface area contributed by atoms with Crippen molar-refractivity contribution in [1.29, 1.82) is 0 Å². The highest BCUT2D eigenvalue weighted by Gasteiger charge is 2.19. The molecule has 0 aliphatic heterocycles. The summed E-state index contributed by atoms with van der Waals surface area (Å²) in [6.07, 6.45) is 0. The number of carbonyl (C=O) groups is 1. The molecule has 1 aromatic carbocycles. The summed E-state index contributed by atoms with van der Waals surface area (Å²) in [4.78, 5) is 15.4. The fraction of sp³-hybridized carbons (Fsp3) is 0.462. The van der Waals surface area contributed by atoms with Crippen LogP contribution >= 0.6 is 23.2 Å². The van der Waals surface area contributed by atoms with E-state index in [4.69, 9.17) is 23.2 Å². The van der Waals surface area contributed by atoms with Gasteiger partial charge < -0.3 is 4.90 Å². The Hall–Kier alpha value is -0.770. The highest BCUT2D eigenvalue weighted by atomic mass is 35.5. The van der Waals surface area contributed by atoms with Crippen LogP contribution in [0.4, 0.5) is 0 Å². The lowest BCUT2D eigenvalue weighted by Crippen LogP contribution is -2.42. The van der Waals surface area contributed by atoms with Crippen LogP contribution in [0.15, 0.2) is 18.2 Å². The lowest BCUT2D eigenvalue weighted by Gasteiger charge is -2.26. The minimum Gasteiger partial charge on any atom is -0.347 e. The van der Waals surface area contributed by atoms with Crippen molar-refractivity contribution < 1.29 is 4.79 Å². The second-order valence-corrected chi connectivity index (χ2v) is 5.47.